The van der Waals surface area contributed by atoms with Crippen LogP contribution in [0, 0.1) is 0 Å². The summed E-state index contributed by atoms with van der Waals surface area (Å²) in [5.41, 5.74) is 3.85. The third kappa shape index (κ3) is 2.86. The maximum atomic E-state index is 6.03. The predicted molar refractivity (Wildman–Crippen MR) is 115 cm³/mol. The SMILES string of the molecule is Clc1ccc(SC2=C3CCC4=NN(c5ccc(Cl)cc5)S(=C43)S2)cc1. The van der Waals surface area contributed by atoms with Gasteiger partial charge in [0.15, 0.2) is 0 Å². The second-order valence-corrected chi connectivity index (χ2v) is 11.3. The summed E-state index contributed by atoms with van der Waals surface area (Å²) in [6.45, 7) is 0. The molecular formula is C18H12Cl2N2S3. The molecule has 0 aromatic heterocycles. The summed E-state index contributed by atoms with van der Waals surface area (Å²) < 4.78 is 3.57. The zero-order valence-electron chi connectivity index (χ0n) is 12.9. The Morgan fingerprint density at radius 1 is 0.960 bits per heavy atom. The summed E-state index contributed by atoms with van der Waals surface area (Å²) in [7, 11) is 1.86. The lowest BCUT2D eigenvalue weighted by Crippen LogP contribution is -2.03. The molecule has 1 unspecified atom stereocenters. The molecule has 2 heterocycles. The van der Waals surface area contributed by atoms with E-state index in [9.17, 15) is 0 Å². The molecule has 0 amide bonds. The molecule has 1 saturated carbocycles. The van der Waals surface area contributed by atoms with Gasteiger partial charge in [0.25, 0.3) is 0 Å². The van der Waals surface area contributed by atoms with E-state index in [-0.39, 0.29) is 9.70 Å². The van der Waals surface area contributed by atoms with Gasteiger partial charge in [0.1, 0.15) is 0 Å². The Morgan fingerprint density at radius 3 is 2.36 bits per heavy atom. The Balaban J connectivity index is 1.46. The number of hydrogen-bond donors (Lipinski definition) is 0. The average Bonchev–Trinajstić information content (AvgIpc) is 3.27. The normalized spacial score (nSPS) is 21.2. The molecule has 0 bridgehead atoms. The van der Waals surface area contributed by atoms with Gasteiger partial charge in [0.05, 0.1) is 20.5 Å². The standard InChI is InChI=1S/C18H12Cl2N2S3/c19-11-1-5-13(6-2-11)22-21-16-10-9-15-17(16)25(22)24-18(15)23-14-7-3-12(20)4-8-14/h1-8H,9-10H2. The highest BCUT2D eigenvalue weighted by atomic mass is 35.5. The first kappa shape index (κ1) is 16.3. The lowest BCUT2D eigenvalue weighted by molar-refractivity contribution is 1.09. The number of nitrogens with zero attached hydrogens (tertiary/aromatic N) is 2. The average molecular weight is 423 g/mol. The van der Waals surface area contributed by atoms with Crippen LogP contribution in [0.5, 0.6) is 0 Å². The molecule has 0 radical (unpaired) electrons. The van der Waals surface area contributed by atoms with E-state index < -0.39 is 0 Å². The summed E-state index contributed by atoms with van der Waals surface area (Å²) in [5.74, 6) is 0. The molecule has 3 aliphatic rings. The quantitative estimate of drug-likeness (QED) is 0.391. The number of allylic oxidation sites excluding steroid dienone is 1. The van der Waals surface area contributed by atoms with Crippen molar-refractivity contribution in [3.05, 3.63) is 68.4 Å². The van der Waals surface area contributed by atoms with Gasteiger partial charge in [0.2, 0.25) is 0 Å². The molecule has 2 aliphatic heterocycles. The molecule has 126 valence electrons. The van der Waals surface area contributed by atoms with Crippen LogP contribution in [0.3, 0.4) is 0 Å². The first-order valence-electron chi connectivity index (χ1n) is 7.79. The van der Waals surface area contributed by atoms with Gasteiger partial charge in [-0.2, -0.15) is 5.10 Å². The van der Waals surface area contributed by atoms with Crippen LogP contribution in [0.4, 0.5) is 5.69 Å². The van der Waals surface area contributed by atoms with E-state index in [4.69, 9.17) is 28.3 Å². The van der Waals surface area contributed by atoms with Crippen LogP contribution in [-0.2, 0) is 0 Å². The highest BCUT2D eigenvalue weighted by molar-refractivity contribution is 8.88. The van der Waals surface area contributed by atoms with Crippen molar-refractivity contribution in [1.29, 1.82) is 0 Å². The van der Waals surface area contributed by atoms with E-state index in [1.54, 1.807) is 0 Å². The molecule has 0 N–H and O–H groups in total. The van der Waals surface area contributed by atoms with E-state index >= 15 is 0 Å². The van der Waals surface area contributed by atoms with Crippen LogP contribution in [0.15, 0.2) is 68.3 Å². The summed E-state index contributed by atoms with van der Waals surface area (Å²) in [6.07, 6.45) is 2.15. The van der Waals surface area contributed by atoms with Gasteiger partial charge in [-0.3, -0.25) is 0 Å². The molecule has 7 heteroatoms. The Morgan fingerprint density at radius 2 is 1.64 bits per heavy atom. The van der Waals surface area contributed by atoms with Crippen molar-refractivity contribution in [2.45, 2.75) is 17.7 Å². The molecule has 5 rings (SSSR count). The summed E-state index contributed by atoms with van der Waals surface area (Å²) in [4.78, 5) is 2.68. The number of hydrogen-bond acceptors (Lipinski definition) is 4. The topological polar surface area (TPSA) is 15.6 Å². The Bertz CT molecular complexity index is 963. The van der Waals surface area contributed by atoms with Crippen molar-refractivity contribution in [3.63, 3.8) is 0 Å². The number of halogens is 2. The maximum absolute atomic E-state index is 6.03. The van der Waals surface area contributed by atoms with Crippen molar-refractivity contribution >= 4 is 71.7 Å². The molecular weight excluding hydrogens is 411 g/mol. The number of anilines is 1. The monoisotopic (exact) mass is 422 g/mol. The van der Waals surface area contributed by atoms with Gasteiger partial charge in [0, 0.05) is 24.6 Å². The van der Waals surface area contributed by atoms with Crippen LogP contribution in [-0.4, -0.2) is 10.6 Å². The fourth-order valence-electron chi connectivity index (χ4n) is 2.98. The van der Waals surface area contributed by atoms with Gasteiger partial charge in [-0.15, -0.1) is 0 Å². The van der Waals surface area contributed by atoms with E-state index in [2.05, 4.69) is 16.5 Å². The van der Waals surface area contributed by atoms with Crippen LogP contribution in [0.25, 0.3) is 0 Å². The Hall–Kier alpha value is -0.850. The largest absolute Gasteiger partial charge is 0.202 e. The van der Waals surface area contributed by atoms with Crippen molar-refractivity contribution in [3.8, 4) is 0 Å². The molecule has 2 aromatic carbocycles. The first-order chi connectivity index (χ1) is 12.2. The Labute approximate surface area is 166 Å². The summed E-state index contributed by atoms with van der Waals surface area (Å²) >= 11 is 13.9. The minimum absolute atomic E-state index is 0.0702. The molecule has 0 saturated heterocycles. The highest BCUT2D eigenvalue weighted by Crippen LogP contribution is 2.61. The van der Waals surface area contributed by atoms with Crippen LogP contribution in [0.2, 0.25) is 10.0 Å². The molecule has 25 heavy (non-hydrogen) atoms. The van der Waals surface area contributed by atoms with Crippen LogP contribution >= 0.6 is 55.5 Å². The fraction of sp³-hybridized carbons (Fsp3) is 0.111. The Kier molecular flexibility index (Phi) is 4.18. The van der Waals surface area contributed by atoms with E-state index in [0.717, 1.165) is 28.6 Å². The first-order valence-corrected chi connectivity index (χ1v) is 11.9. The summed E-state index contributed by atoms with van der Waals surface area (Å²) in [6, 6.07) is 16.0. The third-order valence-electron chi connectivity index (χ3n) is 4.16. The number of thioether (sulfide) groups is 1. The number of benzene rings is 2. The van der Waals surface area contributed by atoms with Crippen molar-refractivity contribution in [2.75, 3.05) is 4.41 Å². The van der Waals surface area contributed by atoms with Crippen molar-refractivity contribution in [1.82, 2.24) is 0 Å². The minimum atomic E-state index is -0.0702. The fourth-order valence-corrected chi connectivity index (χ4v) is 9.65. The zero-order valence-corrected chi connectivity index (χ0v) is 16.9. The molecule has 1 atom stereocenters. The van der Waals surface area contributed by atoms with Crippen LogP contribution < -0.4 is 4.41 Å². The molecule has 2 nitrogen and oxygen atoms in total. The second-order valence-electron chi connectivity index (χ2n) is 5.78. The molecule has 1 fully saturated rings. The van der Waals surface area contributed by atoms with E-state index in [1.165, 1.54) is 25.3 Å². The third-order valence-corrected chi connectivity index (χ3v) is 10.3. The second kappa shape index (κ2) is 6.39. The van der Waals surface area contributed by atoms with E-state index in [0.29, 0.717) is 0 Å². The van der Waals surface area contributed by atoms with Gasteiger partial charge in [-0.1, -0.05) is 35.0 Å². The molecule has 1 aliphatic carbocycles. The lowest BCUT2D eigenvalue weighted by Gasteiger charge is -2.18. The number of rotatable bonds is 3. The molecule has 0 spiro atoms. The van der Waals surface area contributed by atoms with Gasteiger partial charge < -0.3 is 0 Å². The van der Waals surface area contributed by atoms with Crippen LogP contribution in [0.1, 0.15) is 12.8 Å². The van der Waals surface area contributed by atoms with Gasteiger partial charge >= 0.3 is 0 Å². The van der Waals surface area contributed by atoms with Crippen molar-refractivity contribution in [2.24, 2.45) is 5.10 Å². The highest BCUT2D eigenvalue weighted by Gasteiger charge is 2.40. The van der Waals surface area contributed by atoms with Gasteiger partial charge in [-0.25, -0.2) is 4.41 Å². The molecule has 2 aromatic rings. The van der Waals surface area contributed by atoms with Crippen molar-refractivity contribution < 1.29 is 0 Å². The smallest absolute Gasteiger partial charge is 0.0780 e. The summed E-state index contributed by atoms with van der Waals surface area (Å²) in [5, 5.41) is 6.42. The number of hydrazone groups is 1. The maximum Gasteiger partial charge on any atom is 0.0780 e. The van der Waals surface area contributed by atoms with Gasteiger partial charge in [-0.05, 0) is 77.7 Å². The lowest BCUT2D eigenvalue weighted by atomic mass is 10.3. The zero-order chi connectivity index (χ0) is 17.0. The predicted octanol–water partition coefficient (Wildman–Crippen LogP) is 6.99. The minimum Gasteiger partial charge on any atom is -0.202 e. The van der Waals surface area contributed by atoms with E-state index in [1.807, 2.05) is 59.0 Å².